The molecule has 4 N–H and O–H groups in total. The summed E-state index contributed by atoms with van der Waals surface area (Å²) < 4.78 is 5.08. The van der Waals surface area contributed by atoms with E-state index in [4.69, 9.17) is 10.5 Å². The number of nitrogens with two attached hydrogens (primary N) is 1. The minimum atomic E-state index is -1.69. The molecule has 0 amide bonds. The van der Waals surface area contributed by atoms with Gasteiger partial charge in [-0.25, -0.2) is 0 Å². The van der Waals surface area contributed by atoms with Gasteiger partial charge in [0, 0.05) is 30.2 Å². The molecule has 1 fully saturated rings. The molecular formula is C20H32N2O4S. The number of ether oxygens (including phenoxy) is 1. The quantitative estimate of drug-likeness (QED) is 0.370. The van der Waals surface area contributed by atoms with Gasteiger partial charge in [0.25, 0.3) is 0 Å². The molecule has 1 aliphatic rings. The molecule has 1 aliphatic heterocycles. The molecule has 0 spiro atoms. The lowest BCUT2D eigenvalue weighted by Gasteiger charge is -2.40. The van der Waals surface area contributed by atoms with Crippen molar-refractivity contribution in [1.82, 2.24) is 0 Å². The molecule has 1 saturated heterocycles. The Morgan fingerprint density at radius 2 is 2.11 bits per heavy atom. The fraction of sp³-hybridized carbons (Fsp3) is 0.650. The van der Waals surface area contributed by atoms with Crippen molar-refractivity contribution in [3.8, 4) is 0 Å². The SMILES string of the molecule is CCOC(=O)CC(C)(C)c1ccc(N(CC)C2CCSC(O)(O)C2)c(N)c1. The molecule has 1 heterocycles. The van der Waals surface area contributed by atoms with E-state index in [2.05, 4.69) is 4.90 Å². The Labute approximate surface area is 166 Å². The predicted molar refractivity (Wildman–Crippen MR) is 111 cm³/mol. The molecule has 0 aromatic heterocycles. The van der Waals surface area contributed by atoms with Gasteiger partial charge < -0.3 is 25.6 Å². The Morgan fingerprint density at radius 3 is 2.67 bits per heavy atom. The fourth-order valence-corrected chi connectivity index (χ4v) is 4.66. The molecule has 7 heteroatoms. The van der Waals surface area contributed by atoms with Gasteiger partial charge in [0.15, 0.2) is 0 Å². The highest BCUT2D eigenvalue weighted by Gasteiger charge is 2.36. The van der Waals surface area contributed by atoms with Crippen molar-refractivity contribution in [1.29, 1.82) is 0 Å². The number of hydrogen-bond donors (Lipinski definition) is 3. The van der Waals surface area contributed by atoms with Crippen LogP contribution in [0.5, 0.6) is 0 Å². The summed E-state index contributed by atoms with van der Waals surface area (Å²) in [6, 6.07) is 5.90. The lowest BCUT2D eigenvalue weighted by atomic mass is 9.81. The fourth-order valence-electron chi connectivity index (χ4n) is 3.63. The summed E-state index contributed by atoms with van der Waals surface area (Å²) in [6.07, 6.45) is 1.44. The van der Waals surface area contributed by atoms with E-state index >= 15 is 0 Å². The molecule has 0 aliphatic carbocycles. The van der Waals surface area contributed by atoms with Crippen LogP contribution in [0.3, 0.4) is 0 Å². The summed E-state index contributed by atoms with van der Waals surface area (Å²) >= 11 is 1.18. The largest absolute Gasteiger partial charge is 0.466 e. The summed E-state index contributed by atoms with van der Waals surface area (Å²) in [5.41, 5.74) is 8.48. The third kappa shape index (κ3) is 5.53. The minimum Gasteiger partial charge on any atom is -0.466 e. The van der Waals surface area contributed by atoms with Crippen LogP contribution in [-0.4, -0.2) is 46.2 Å². The zero-order chi connectivity index (χ0) is 20.2. The van der Waals surface area contributed by atoms with Crippen LogP contribution in [-0.2, 0) is 14.9 Å². The Balaban J connectivity index is 2.22. The molecule has 1 aromatic rings. The van der Waals surface area contributed by atoms with Crippen molar-refractivity contribution in [2.75, 3.05) is 29.5 Å². The first kappa shape index (κ1) is 21.9. The normalized spacial score (nSPS) is 19.6. The van der Waals surface area contributed by atoms with E-state index in [0.29, 0.717) is 18.0 Å². The second-order valence-electron chi connectivity index (χ2n) is 7.66. The van der Waals surface area contributed by atoms with Crippen LogP contribution in [0.1, 0.15) is 52.5 Å². The van der Waals surface area contributed by atoms with E-state index in [-0.39, 0.29) is 30.3 Å². The van der Waals surface area contributed by atoms with Crippen LogP contribution in [0.2, 0.25) is 0 Å². The van der Waals surface area contributed by atoms with Crippen molar-refractivity contribution >= 4 is 29.1 Å². The molecule has 0 radical (unpaired) electrons. The third-order valence-electron chi connectivity index (χ3n) is 5.08. The monoisotopic (exact) mass is 396 g/mol. The van der Waals surface area contributed by atoms with Gasteiger partial charge in [-0.1, -0.05) is 31.7 Å². The second kappa shape index (κ2) is 8.71. The zero-order valence-corrected chi connectivity index (χ0v) is 17.5. The minimum absolute atomic E-state index is 0.0203. The van der Waals surface area contributed by atoms with E-state index < -0.39 is 5.12 Å². The topological polar surface area (TPSA) is 96.0 Å². The number of nitrogen functional groups attached to an aromatic ring is 1. The number of carbonyl (C=O) groups is 1. The third-order valence-corrected chi connectivity index (χ3v) is 6.15. The van der Waals surface area contributed by atoms with Gasteiger partial charge in [0.05, 0.1) is 24.4 Å². The van der Waals surface area contributed by atoms with Crippen LogP contribution in [0, 0.1) is 0 Å². The van der Waals surface area contributed by atoms with Crippen molar-refractivity contribution in [2.45, 2.75) is 63.5 Å². The zero-order valence-electron chi connectivity index (χ0n) is 16.7. The Hall–Kier alpha value is -1.44. The highest BCUT2D eigenvalue weighted by molar-refractivity contribution is 8.00. The Bertz CT molecular complexity index is 663. The number of aliphatic hydroxyl groups is 2. The van der Waals surface area contributed by atoms with Gasteiger partial charge in [0.1, 0.15) is 0 Å². The molecule has 0 saturated carbocycles. The Kier molecular flexibility index (Phi) is 7.05. The number of hydrogen-bond acceptors (Lipinski definition) is 7. The number of nitrogens with zero attached hydrogens (tertiary/aromatic N) is 1. The summed E-state index contributed by atoms with van der Waals surface area (Å²) in [5.74, 6) is 0.473. The van der Waals surface area contributed by atoms with Crippen LogP contribution in [0.15, 0.2) is 18.2 Å². The maximum absolute atomic E-state index is 11.9. The predicted octanol–water partition coefficient (Wildman–Crippen LogP) is 2.86. The first-order valence-corrected chi connectivity index (χ1v) is 10.5. The molecule has 0 bridgehead atoms. The first-order chi connectivity index (χ1) is 12.6. The van der Waals surface area contributed by atoms with Gasteiger partial charge in [-0.15, -0.1) is 0 Å². The summed E-state index contributed by atoms with van der Waals surface area (Å²) in [7, 11) is 0. The van der Waals surface area contributed by atoms with Crippen molar-refractivity contribution in [2.24, 2.45) is 0 Å². The van der Waals surface area contributed by atoms with Gasteiger partial charge >= 0.3 is 5.97 Å². The van der Waals surface area contributed by atoms with E-state index in [9.17, 15) is 15.0 Å². The number of esters is 1. The summed E-state index contributed by atoms with van der Waals surface area (Å²) in [4.78, 5) is 14.0. The lowest BCUT2D eigenvalue weighted by Crippen LogP contribution is -2.45. The maximum Gasteiger partial charge on any atom is 0.306 e. The summed E-state index contributed by atoms with van der Waals surface area (Å²) in [6.45, 7) is 8.93. The molecule has 6 nitrogen and oxygen atoms in total. The molecule has 152 valence electrons. The van der Waals surface area contributed by atoms with Gasteiger partial charge in [0.2, 0.25) is 5.12 Å². The summed E-state index contributed by atoms with van der Waals surface area (Å²) in [5, 5.41) is 18.3. The first-order valence-electron chi connectivity index (χ1n) is 9.50. The van der Waals surface area contributed by atoms with Crippen molar-refractivity contribution in [3.05, 3.63) is 23.8 Å². The van der Waals surface area contributed by atoms with E-state index in [1.54, 1.807) is 6.92 Å². The number of benzene rings is 1. The van der Waals surface area contributed by atoms with Crippen molar-refractivity contribution in [3.63, 3.8) is 0 Å². The van der Waals surface area contributed by atoms with Gasteiger partial charge in [-0.05, 0) is 38.0 Å². The highest BCUT2D eigenvalue weighted by Crippen LogP contribution is 2.38. The van der Waals surface area contributed by atoms with Gasteiger partial charge in [-0.3, -0.25) is 4.79 Å². The van der Waals surface area contributed by atoms with Crippen LogP contribution < -0.4 is 10.6 Å². The standard InChI is InChI=1S/C20H32N2O4S/c1-5-22(15-9-10-27-20(24,25)12-15)17-8-7-14(11-16(17)21)19(3,4)13-18(23)26-6-2/h7-8,11,15,24-25H,5-6,9-10,12-13,21H2,1-4H3. The number of anilines is 2. The Morgan fingerprint density at radius 1 is 1.41 bits per heavy atom. The van der Waals surface area contributed by atoms with E-state index in [1.807, 2.05) is 39.0 Å². The number of thioether (sulfide) groups is 1. The smallest absolute Gasteiger partial charge is 0.306 e. The number of carbonyl (C=O) groups excluding carboxylic acids is 1. The van der Waals surface area contributed by atoms with Gasteiger partial charge in [-0.2, -0.15) is 0 Å². The van der Waals surface area contributed by atoms with Crippen LogP contribution in [0.25, 0.3) is 0 Å². The van der Waals surface area contributed by atoms with Crippen LogP contribution in [0.4, 0.5) is 11.4 Å². The molecular weight excluding hydrogens is 364 g/mol. The molecule has 1 unspecified atom stereocenters. The average molecular weight is 397 g/mol. The molecule has 1 atom stereocenters. The average Bonchev–Trinajstić information content (AvgIpc) is 2.55. The molecule has 1 aromatic carbocycles. The molecule has 27 heavy (non-hydrogen) atoms. The lowest BCUT2D eigenvalue weighted by molar-refractivity contribution is -0.144. The second-order valence-corrected chi connectivity index (χ2v) is 9.01. The van der Waals surface area contributed by atoms with Crippen molar-refractivity contribution < 1.29 is 19.7 Å². The molecule has 2 rings (SSSR count). The van der Waals surface area contributed by atoms with E-state index in [0.717, 1.165) is 24.2 Å². The number of rotatable bonds is 7. The van der Waals surface area contributed by atoms with E-state index in [1.165, 1.54) is 11.8 Å². The van der Waals surface area contributed by atoms with Crippen LogP contribution >= 0.6 is 11.8 Å². The highest BCUT2D eigenvalue weighted by atomic mass is 32.2. The maximum atomic E-state index is 11.9.